The first kappa shape index (κ1) is 21.3. The topological polar surface area (TPSA) is 58.6 Å². The van der Waals surface area contributed by atoms with Gasteiger partial charge in [0.05, 0.1) is 16.5 Å². The number of carbonyl (C=O) groups is 2. The number of thioether (sulfide) groups is 1. The van der Waals surface area contributed by atoms with E-state index >= 15 is 0 Å². The lowest BCUT2D eigenvalue weighted by atomic mass is 10.00. The number of amides is 1. The minimum Gasteiger partial charge on any atom is -0.455 e. The van der Waals surface area contributed by atoms with E-state index in [2.05, 4.69) is 17.1 Å². The lowest BCUT2D eigenvalue weighted by Gasteiger charge is -2.31. The van der Waals surface area contributed by atoms with Crippen molar-refractivity contribution in [2.24, 2.45) is 5.92 Å². The second kappa shape index (κ2) is 10.3. The Bertz CT molecular complexity index is 680. The van der Waals surface area contributed by atoms with Gasteiger partial charge in [0.25, 0.3) is 5.91 Å². The summed E-state index contributed by atoms with van der Waals surface area (Å²) in [5, 5.41) is 3.35. The second-order valence-electron chi connectivity index (χ2n) is 6.06. The SMILES string of the molecule is CC1CCN(C(=S)SCC(=O)OCC(=O)Nc2cc(Cl)ccc2Cl)CC1. The van der Waals surface area contributed by atoms with E-state index < -0.39 is 18.5 Å². The minimum absolute atomic E-state index is 0.0795. The zero-order chi connectivity index (χ0) is 19.1. The highest BCUT2D eigenvalue weighted by atomic mass is 35.5. The molecule has 9 heteroatoms. The molecule has 0 spiro atoms. The van der Waals surface area contributed by atoms with E-state index in [-0.39, 0.29) is 5.75 Å². The Morgan fingerprint density at radius 1 is 1.35 bits per heavy atom. The first-order valence-electron chi connectivity index (χ1n) is 8.17. The smallest absolute Gasteiger partial charge is 0.316 e. The van der Waals surface area contributed by atoms with E-state index in [9.17, 15) is 9.59 Å². The molecule has 1 aliphatic rings. The molecule has 0 aromatic heterocycles. The second-order valence-corrected chi connectivity index (χ2v) is 8.51. The van der Waals surface area contributed by atoms with Gasteiger partial charge in [-0.05, 0) is 37.0 Å². The Labute approximate surface area is 172 Å². The van der Waals surface area contributed by atoms with Crippen molar-refractivity contribution in [3.05, 3.63) is 28.2 Å². The van der Waals surface area contributed by atoms with Gasteiger partial charge in [-0.15, -0.1) is 0 Å². The standard InChI is InChI=1S/C17H20Cl2N2O3S2/c1-11-4-6-21(7-5-11)17(25)26-10-16(23)24-9-15(22)20-14-8-12(18)2-3-13(14)19/h2-3,8,11H,4-7,9-10H2,1H3,(H,20,22). The molecule has 142 valence electrons. The van der Waals surface area contributed by atoms with Crippen molar-refractivity contribution in [3.8, 4) is 0 Å². The highest BCUT2D eigenvalue weighted by molar-refractivity contribution is 8.23. The first-order chi connectivity index (χ1) is 12.3. The molecule has 1 amide bonds. The largest absolute Gasteiger partial charge is 0.455 e. The fourth-order valence-electron chi connectivity index (χ4n) is 2.37. The highest BCUT2D eigenvalue weighted by Gasteiger charge is 2.19. The molecule has 0 saturated carbocycles. The molecule has 1 aromatic carbocycles. The summed E-state index contributed by atoms with van der Waals surface area (Å²) in [6.45, 7) is 3.68. The predicted octanol–water partition coefficient (Wildman–Crippen LogP) is 4.23. The molecule has 5 nitrogen and oxygen atoms in total. The first-order valence-corrected chi connectivity index (χ1v) is 10.3. The molecule has 0 atom stereocenters. The number of benzene rings is 1. The molecule has 1 heterocycles. The van der Waals surface area contributed by atoms with Gasteiger partial charge in [0.1, 0.15) is 4.32 Å². The van der Waals surface area contributed by atoms with Crippen LogP contribution >= 0.6 is 47.2 Å². The van der Waals surface area contributed by atoms with Crippen LogP contribution in [0.5, 0.6) is 0 Å². The molecule has 2 rings (SSSR count). The van der Waals surface area contributed by atoms with E-state index in [0.717, 1.165) is 31.8 Å². The van der Waals surface area contributed by atoms with Crippen molar-refractivity contribution in [3.63, 3.8) is 0 Å². The summed E-state index contributed by atoms with van der Waals surface area (Å²) in [5.41, 5.74) is 0.370. The van der Waals surface area contributed by atoms with Gasteiger partial charge in [-0.3, -0.25) is 9.59 Å². The van der Waals surface area contributed by atoms with Crippen LogP contribution in [0.15, 0.2) is 18.2 Å². The summed E-state index contributed by atoms with van der Waals surface area (Å²) in [4.78, 5) is 25.8. The van der Waals surface area contributed by atoms with E-state index in [1.54, 1.807) is 12.1 Å². The third kappa shape index (κ3) is 6.95. The van der Waals surface area contributed by atoms with E-state index in [4.69, 9.17) is 40.2 Å². The quantitative estimate of drug-likeness (QED) is 0.552. The number of carbonyl (C=O) groups excluding carboxylic acids is 2. The van der Waals surface area contributed by atoms with Crippen LogP contribution in [-0.2, 0) is 14.3 Å². The van der Waals surface area contributed by atoms with Gasteiger partial charge < -0.3 is 15.0 Å². The summed E-state index contributed by atoms with van der Waals surface area (Å²) in [6, 6.07) is 4.71. The number of thiocarbonyl (C=S) groups is 1. The molecular weight excluding hydrogens is 415 g/mol. The fraction of sp³-hybridized carbons (Fsp3) is 0.471. The molecule has 0 radical (unpaired) electrons. The lowest BCUT2D eigenvalue weighted by Crippen LogP contribution is -2.36. The number of piperidine rings is 1. The summed E-state index contributed by atoms with van der Waals surface area (Å²) in [6.07, 6.45) is 2.22. The van der Waals surface area contributed by atoms with Crippen LogP contribution in [0.3, 0.4) is 0 Å². The van der Waals surface area contributed by atoms with Crippen LogP contribution in [0.1, 0.15) is 19.8 Å². The number of nitrogens with zero attached hydrogens (tertiary/aromatic N) is 1. The van der Waals surface area contributed by atoms with Crippen molar-refractivity contribution in [1.29, 1.82) is 0 Å². The number of hydrogen-bond donors (Lipinski definition) is 1. The van der Waals surface area contributed by atoms with Gasteiger partial charge in [0.15, 0.2) is 6.61 Å². The molecule has 0 unspecified atom stereocenters. The number of ether oxygens (including phenoxy) is 1. The number of rotatable bonds is 5. The third-order valence-corrected chi connectivity index (χ3v) is 5.98. The van der Waals surface area contributed by atoms with Gasteiger partial charge in [0, 0.05) is 18.1 Å². The molecule has 1 aromatic rings. The number of likely N-dealkylation sites (tertiary alicyclic amines) is 1. The van der Waals surface area contributed by atoms with Crippen molar-refractivity contribution >= 4 is 69.1 Å². The Morgan fingerprint density at radius 3 is 2.73 bits per heavy atom. The van der Waals surface area contributed by atoms with Gasteiger partial charge in [-0.2, -0.15) is 0 Å². The number of nitrogens with one attached hydrogen (secondary N) is 1. The average Bonchev–Trinajstić information content (AvgIpc) is 2.61. The predicted molar refractivity (Wildman–Crippen MR) is 111 cm³/mol. The lowest BCUT2D eigenvalue weighted by molar-refractivity contribution is -0.144. The minimum atomic E-state index is -0.491. The van der Waals surface area contributed by atoms with Crippen LogP contribution in [0.2, 0.25) is 10.0 Å². The monoisotopic (exact) mass is 434 g/mol. The molecular formula is C17H20Cl2N2O3S2. The summed E-state index contributed by atoms with van der Waals surface area (Å²) in [7, 11) is 0. The van der Waals surface area contributed by atoms with E-state index in [0.29, 0.717) is 20.1 Å². The molecule has 0 bridgehead atoms. The molecule has 26 heavy (non-hydrogen) atoms. The van der Waals surface area contributed by atoms with Crippen LogP contribution in [0.4, 0.5) is 5.69 Å². The Balaban J connectivity index is 1.68. The molecule has 1 saturated heterocycles. The van der Waals surface area contributed by atoms with Gasteiger partial charge >= 0.3 is 5.97 Å². The third-order valence-electron chi connectivity index (χ3n) is 3.92. The molecule has 0 aliphatic carbocycles. The van der Waals surface area contributed by atoms with Crippen LogP contribution in [0, 0.1) is 5.92 Å². The Kier molecular flexibility index (Phi) is 8.47. The van der Waals surface area contributed by atoms with Crippen molar-refractivity contribution in [2.45, 2.75) is 19.8 Å². The van der Waals surface area contributed by atoms with Gasteiger partial charge in [0.2, 0.25) is 0 Å². The van der Waals surface area contributed by atoms with E-state index in [1.807, 2.05) is 0 Å². The number of halogens is 2. The number of esters is 1. The summed E-state index contributed by atoms with van der Waals surface area (Å²) < 4.78 is 5.67. The van der Waals surface area contributed by atoms with Crippen molar-refractivity contribution < 1.29 is 14.3 Å². The van der Waals surface area contributed by atoms with Crippen molar-refractivity contribution in [1.82, 2.24) is 4.90 Å². The van der Waals surface area contributed by atoms with Crippen LogP contribution in [-0.4, -0.2) is 46.5 Å². The van der Waals surface area contributed by atoms with Crippen molar-refractivity contribution in [2.75, 3.05) is 30.8 Å². The summed E-state index contributed by atoms with van der Waals surface area (Å²) in [5.74, 6) is -0.179. The number of anilines is 1. The fourth-order valence-corrected chi connectivity index (χ4v) is 3.76. The summed E-state index contributed by atoms with van der Waals surface area (Å²) >= 11 is 18.4. The Hall–Kier alpha value is -1.02. The van der Waals surface area contributed by atoms with Gasteiger partial charge in [-0.25, -0.2) is 0 Å². The molecule has 1 fully saturated rings. The van der Waals surface area contributed by atoms with E-state index in [1.165, 1.54) is 17.8 Å². The van der Waals surface area contributed by atoms with Crippen LogP contribution in [0.25, 0.3) is 0 Å². The average molecular weight is 435 g/mol. The normalized spacial score (nSPS) is 14.8. The molecule has 1 aliphatic heterocycles. The zero-order valence-electron chi connectivity index (χ0n) is 14.3. The van der Waals surface area contributed by atoms with Crippen LogP contribution < -0.4 is 5.32 Å². The maximum absolute atomic E-state index is 11.9. The number of hydrogen-bond acceptors (Lipinski definition) is 5. The molecule has 1 N–H and O–H groups in total. The maximum Gasteiger partial charge on any atom is 0.316 e. The van der Waals surface area contributed by atoms with Gasteiger partial charge in [-0.1, -0.05) is 54.1 Å². The zero-order valence-corrected chi connectivity index (χ0v) is 17.4. The highest BCUT2D eigenvalue weighted by Crippen LogP contribution is 2.25. The Morgan fingerprint density at radius 2 is 2.04 bits per heavy atom. The maximum atomic E-state index is 11.9.